The van der Waals surface area contributed by atoms with Gasteiger partial charge in [-0.05, 0) is 66.7 Å². The molecule has 1 aromatic carbocycles. The maximum absolute atomic E-state index is 13.3. The number of anilines is 2. The Morgan fingerprint density at radius 2 is 1.84 bits per heavy atom. The molecule has 4 rings (SSSR count). The van der Waals surface area contributed by atoms with Gasteiger partial charge < -0.3 is 10.0 Å². The van der Waals surface area contributed by atoms with E-state index in [-0.39, 0.29) is 17.5 Å². The Bertz CT molecular complexity index is 1400. The minimum Gasteiger partial charge on any atom is -0.481 e. The smallest absolute Gasteiger partial charge is 0.310 e. The Morgan fingerprint density at radius 1 is 1.08 bits per heavy atom. The first kappa shape index (κ1) is 27.0. The number of carboxylic acid groups (broad SMARTS) is 1. The molecule has 0 fully saturated rings. The van der Waals surface area contributed by atoms with E-state index in [1.165, 1.54) is 12.3 Å². The van der Waals surface area contributed by atoms with Crippen LogP contribution in [-0.2, 0) is 21.2 Å². The summed E-state index contributed by atoms with van der Waals surface area (Å²) in [6.45, 7) is 4.06. The summed E-state index contributed by atoms with van der Waals surface area (Å²) in [4.78, 5) is 26.8. The van der Waals surface area contributed by atoms with Crippen LogP contribution in [0.2, 0.25) is 0 Å². The molecule has 0 saturated heterocycles. The second-order valence-corrected chi connectivity index (χ2v) is 12.2. The number of nitrogens with zero attached hydrogens (tertiary/aromatic N) is 4. The molecule has 11 heteroatoms. The third-order valence-electron chi connectivity index (χ3n) is 6.34. The zero-order valence-corrected chi connectivity index (χ0v) is 23.2. The summed E-state index contributed by atoms with van der Waals surface area (Å²) in [5.41, 5.74) is 1.61. The van der Waals surface area contributed by atoms with E-state index in [2.05, 4.69) is 41.7 Å². The van der Waals surface area contributed by atoms with Gasteiger partial charge in [-0.3, -0.25) is 4.79 Å². The number of carboxylic acids is 1. The van der Waals surface area contributed by atoms with Crippen LogP contribution in [0.25, 0.3) is 11.3 Å². The van der Waals surface area contributed by atoms with Crippen molar-refractivity contribution in [2.75, 3.05) is 22.7 Å². The normalized spacial score (nSPS) is 16.2. The number of aliphatic carboxylic acids is 1. The fourth-order valence-electron chi connectivity index (χ4n) is 4.27. The lowest BCUT2D eigenvalue weighted by Crippen LogP contribution is -2.40. The number of hydrogen-bond donors (Lipinski definition) is 2. The molecule has 2 N–H and O–H groups in total. The summed E-state index contributed by atoms with van der Waals surface area (Å²) in [6.07, 6.45) is 6.15. The number of nitrogens with one attached hydrogen (secondary N) is 1. The Morgan fingerprint density at radius 3 is 2.62 bits per heavy atom. The molecule has 3 aromatic rings. The third kappa shape index (κ3) is 6.45. The van der Waals surface area contributed by atoms with Gasteiger partial charge in [0.2, 0.25) is 5.95 Å². The summed E-state index contributed by atoms with van der Waals surface area (Å²) in [7, 11) is -4.11. The SMILES string of the molecule is CC(C)(CN1CCCCCCc2ccccc2-c2nc(ncc2Br)NS(=O)(=O)c2cccc1n2)C(=O)O. The van der Waals surface area contributed by atoms with Crippen molar-refractivity contribution in [1.82, 2.24) is 15.0 Å². The molecule has 0 saturated carbocycles. The summed E-state index contributed by atoms with van der Waals surface area (Å²) >= 11 is 3.52. The highest BCUT2D eigenvalue weighted by atomic mass is 79.9. The number of pyridine rings is 1. The molecule has 196 valence electrons. The van der Waals surface area contributed by atoms with Crippen molar-refractivity contribution in [2.45, 2.75) is 51.0 Å². The van der Waals surface area contributed by atoms with Crippen LogP contribution in [0.4, 0.5) is 11.8 Å². The van der Waals surface area contributed by atoms with E-state index >= 15 is 0 Å². The van der Waals surface area contributed by atoms with Crippen molar-refractivity contribution in [3.8, 4) is 11.3 Å². The first-order chi connectivity index (χ1) is 17.6. The second-order valence-electron chi connectivity index (χ2n) is 9.76. The fraction of sp³-hybridized carbons (Fsp3) is 0.385. The molecule has 0 aliphatic carbocycles. The monoisotopic (exact) mass is 587 g/mol. The van der Waals surface area contributed by atoms with Gasteiger partial charge in [0, 0.05) is 24.8 Å². The Balaban J connectivity index is 1.76. The number of fused-ring (bicyclic) bond motifs is 6. The standard InChI is InChI=1S/C26H30BrN5O4S/c1-26(2,24(33)34)17-32-15-8-4-3-5-10-18-11-6-7-12-19(18)23-20(27)16-28-25(30-23)31-37(35,36)22-14-9-13-21(32)29-22/h6-7,9,11-14,16H,3-5,8,10,15,17H2,1-2H3,(H,33,34)(H,28,30,31). The second kappa shape index (κ2) is 11.1. The molecular weight excluding hydrogens is 558 g/mol. The number of aryl methyl sites for hydroxylation is 1. The van der Waals surface area contributed by atoms with Crippen molar-refractivity contribution in [1.29, 1.82) is 0 Å². The first-order valence-electron chi connectivity index (χ1n) is 12.2. The molecule has 1 aliphatic heterocycles. The van der Waals surface area contributed by atoms with Crippen LogP contribution in [-0.4, -0.2) is 47.5 Å². The summed E-state index contributed by atoms with van der Waals surface area (Å²) in [5, 5.41) is 9.49. The predicted molar refractivity (Wildman–Crippen MR) is 146 cm³/mol. The van der Waals surface area contributed by atoms with Gasteiger partial charge in [-0.1, -0.05) is 43.2 Å². The Kier molecular flexibility index (Phi) is 8.13. The third-order valence-corrected chi connectivity index (χ3v) is 8.15. The van der Waals surface area contributed by atoms with E-state index in [1.54, 1.807) is 26.0 Å². The van der Waals surface area contributed by atoms with Crippen molar-refractivity contribution in [3.05, 3.63) is 58.7 Å². The molecule has 0 radical (unpaired) electrons. The lowest BCUT2D eigenvalue weighted by Gasteiger charge is -2.31. The minimum atomic E-state index is -4.11. The Hall–Kier alpha value is -3.05. The van der Waals surface area contributed by atoms with Crippen LogP contribution in [0.1, 0.15) is 45.1 Å². The average Bonchev–Trinajstić information content (AvgIpc) is 2.86. The van der Waals surface area contributed by atoms with E-state index in [0.717, 1.165) is 43.2 Å². The van der Waals surface area contributed by atoms with Crippen LogP contribution < -0.4 is 9.62 Å². The highest BCUT2D eigenvalue weighted by Crippen LogP contribution is 2.31. The number of benzene rings is 1. The van der Waals surface area contributed by atoms with Gasteiger partial charge in [0.1, 0.15) is 5.82 Å². The molecule has 37 heavy (non-hydrogen) atoms. The molecule has 1 aliphatic rings. The van der Waals surface area contributed by atoms with Gasteiger partial charge in [0.05, 0.1) is 15.6 Å². The van der Waals surface area contributed by atoms with Gasteiger partial charge >= 0.3 is 5.97 Å². The minimum absolute atomic E-state index is 0.0617. The van der Waals surface area contributed by atoms with E-state index in [9.17, 15) is 18.3 Å². The lowest BCUT2D eigenvalue weighted by molar-refractivity contribution is -0.146. The van der Waals surface area contributed by atoms with Gasteiger partial charge in [-0.15, -0.1) is 0 Å². The van der Waals surface area contributed by atoms with E-state index in [0.29, 0.717) is 22.5 Å². The lowest BCUT2D eigenvalue weighted by atomic mass is 9.93. The van der Waals surface area contributed by atoms with E-state index in [4.69, 9.17) is 0 Å². The zero-order valence-electron chi connectivity index (χ0n) is 20.8. The van der Waals surface area contributed by atoms with Crippen molar-refractivity contribution < 1.29 is 18.3 Å². The number of rotatable bonds is 3. The van der Waals surface area contributed by atoms with Crippen LogP contribution in [0.5, 0.6) is 0 Å². The van der Waals surface area contributed by atoms with Crippen molar-refractivity contribution in [2.24, 2.45) is 5.41 Å². The molecule has 9 nitrogen and oxygen atoms in total. The van der Waals surface area contributed by atoms with Crippen molar-refractivity contribution >= 4 is 43.7 Å². The summed E-state index contributed by atoms with van der Waals surface area (Å²) < 4.78 is 29.7. The molecule has 2 aromatic heterocycles. The highest BCUT2D eigenvalue weighted by molar-refractivity contribution is 9.10. The molecule has 4 bridgehead atoms. The van der Waals surface area contributed by atoms with E-state index in [1.807, 2.05) is 23.1 Å². The summed E-state index contributed by atoms with van der Waals surface area (Å²) in [5.74, 6) is -0.581. The Labute approximate surface area is 225 Å². The number of carbonyl (C=O) groups is 1. The first-order valence-corrected chi connectivity index (χ1v) is 14.4. The predicted octanol–water partition coefficient (Wildman–Crippen LogP) is 5.14. The maximum atomic E-state index is 13.3. The molecule has 0 amide bonds. The number of halogens is 1. The quantitative estimate of drug-likeness (QED) is 0.431. The number of aromatic nitrogens is 3. The van der Waals surface area contributed by atoms with Gasteiger partial charge in [-0.25, -0.2) is 19.7 Å². The zero-order chi connectivity index (χ0) is 26.6. The largest absolute Gasteiger partial charge is 0.481 e. The molecule has 0 spiro atoms. The summed E-state index contributed by atoms with van der Waals surface area (Å²) in [6, 6.07) is 12.7. The van der Waals surface area contributed by atoms with Crippen LogP contribution in [0.3, 0.4) is 0 Å². The molecule has 0 atom stereocenters. The number of hydrogen-bond acceptors (Lipinski definition) is 7. The van der Waals surface area contributed by atoms with Crippen LogP contribution in [0, 0.1) is 5.41 Å². The molecule has 3 heterocycles. The maximum Gasteiger partial charge on any atom is 0.310 e. The number of sulfonamides is 1. The average molecular weight is 589 g/mol. The van der Waals surface area contributed by atoms with Crippen LogP contribution >= 0.6 is 15.9 Å². The van der Waals surface area contributed by atoms with E-state index < -0.39 is 21.4 Å². The highest BCUT2D eigenvalue weighted by Gasteiger charge is 2.31. The van der Waals surface area contributed by atoms with Crippen LogP contribution in [0.15, 0.2) is 58.2 Å². The molecule has 0 unspecified atom stereocenters. The van der Waals surface area contributed by atoms with Gasteiger partial charge in [-0.2, -0.15) is 8.42 Å². The topological polar surface area (TPSA) is 125 Å². The van der Waals surface area contributed by atoms with Crippen molar-refractivity contribution in [3.63, 3.8) is 0 Å². The molecular formula is C26H30BrN5O4S. The van der Waals surface area contributed by atoms with Gasteiger partial charge in [0.25, 0.3) is 10.0 Å². The fourth-order valence-corrected chi connectivity index (χ4v) is 5.59. The van der Waals surface area contributed by atoms with Gasteiger partial charge in [0.15, 0.2) is 5.03 Å².